The number of aryl methyl sites for hydroxylation is 1. The Morgan fingerprint density at radius 2 is 2.13 bits per heavy atom. The Hall–Kier alpha value is -3.78. The molecule has 0 saturated heterocycles. The minimum Gasteiger partial charge on any atom is -0.394 e. The second-order valence-corrected chi connectivity index (χ2v) is 7.41. The van der Waals surface area contributed by atoms with Crippen molar-refractivity contribution in [2.75, 3.05) is 12.3 Å². The molecule has 2 atom stereocenters. The molecule has 3 aromatic rings. The van der Waals surface area contributed by atoms with Gasteiger partial charge in [0.2, 0.25) is 5.91 Å². The molecule has 4 rings (SSSR count). The van der Waals surface area contributed by atoms with Gasteiger partial charge in [0.25, 0.3) is 0 Å². The van der Waals surface area contributed by atoms with Crippen LogP contribution in [0.4, 0.5) is 5.82 Å². The zero-order valence-electron chi connectivity index (χ0n) is 17.1. The van der Waals surface area contributed by atoms with E-state index < -0.39 is 6.04 Å². The number of hydrogen-bond acceptors (Lipinski definition) is 6. The van der Waals surface area contributed by atoms with Gasteiger partial charge in [0.05, 0.1) is 36.7 Å². The van der Waals surface area contributed by atoms with Gasteiger partial charge in [0.15, 0.2) is 0 Å². The van der Waals surface area contributed by atoms with Crippen molar-refractivity contribution >= 4 is 17.3 Å². The van der Waals surface area contributed by atoms with Gasteiger partial charge < -0.3 is 16.2 Å². The maximum atomic E-state index is 12.7. The number of aromatic nitrogens is 4. The molecule has 1 aliphatic rings. The fourth-order valence-corrected chi connectivity index (χ4v) is 3.49. The molecule has 0 fully saturated rings. The average Bonchev–Trinajstić information content (AvgIpc) is 3.24. The number of aliphatic hydroxyl groups is 1. The van der Waals surface area contributed by atoms with Crippen molar-refractivity contribution in [2.45, 2.75) is 12.5 Å². The topological polar surface area (TPSA) is 119 Å². The standard InChI is InChI=1S/C23H24N6O2/c1-29-13-18(11-26-29)19-12-25-22(24)21(27-19)16-7-9-17(10-8-16)23(31)28-20(14-30)15-5-3-2-4-6-15/h2-9,11-13,17,20,30H,10,14H2,1H3,(H2,24,25)(H,28,31)/t17?,20-/m1/s1. The third kappa shape index (κ3) is 4.54. The van der Waals surface area contributed by atoms with Crippen LogP contribution in [0.25, 0.3) is 16.8 Å². The van der Waals surface area contributed by atoms with Crippen molar-refractivity contribution < 1.29 is 9.90 Å². The molecular weight excluding hydrogens is 392 g/mol. The second kappa shape index (κ2) is 8.93. The first-order valence-corrected chi connectivity index (χ1v) is 10.0. The third-order valence-electron chi connectivity index (χ3n) is 5.21. The van der Waals surface area contributed by atoms with Gasteiger partial charge in [-0.2, -0.15) is 5.10 Å². The number of nitrogens with one attached hydrogen (secondary N) is 1. The van der Waals surface area contributed by atoms with Crippen molar-refractivity contribution in [1.29, 1.82) is 0 Å². The molecule has 0 radical (unpaired) electrons. The summed E-state index contributed by atoms with van der Waals surface area (Å²) in [6.45, 7) is -0.166. The van der Waals surface area contributed by atoms with Crippen LogP contribution in [0.3, 0.4) is 0 Å². The quantitative estimate of drug-likeness (QED) is 0.567. The van der Waals surface area contributed by atoms with Crippen molar-refractivity contribution in [3.63, 3.8) is 0 Å². The number of allylic oxidation sites excluding steroid dienone is 3. The Morgan fingerprint density at radius 3 is 2.77 bits per heavy atom. The van der Waals surface area contributed by atoms with Crippen LogP contribution in [0.2, 0.25) is 0 Å². The number of amides is 1. The molecule has 1 aromatic carbocycles. The minimum atomic E-state index is -0.440. The Balaban J connectivity index is 1.47. The first kappa shape index (κ1) is 20.5. The maximum Gasteiger partial charge on any atom is 0.227 e. The van der Waals surface area contributed by atoms with Gasteiger partial charge >= 0.3 is 0 Å². The molecule has 0 saturated carbocycles. The van der Waals surface area contributed by atoms with E-state index in [1.807, 2.05) is 61.8 Å². The average molecular weight is 416 g/mol. The van der Waals surface area contributed by atoms with Gasteiger partial charge in [-0.15, -0.1) is 0 Å². The molecule has 2 heterocycles. The molecule has 158 valence electrons. The van der Waals surface area contributed by atoms with Crippen molar-refractivity contribution in [3.8, 4) is 11.3 Å². The van der Waals surface area contributed by atoms with E-state index in [4.69, 9.17) is 5.73 Å². The number of carbonyl (C=O) groups excluding carboxylic acids is 1. The predicted molar refractivity (Wildman–Crippen MR) is 118 cm³/mol. The lowest BCUT2D eigenvalue weighted by molar-refractivity contribution is -0.124. The number of hydrogen-bond donors (Lipinski definition) is 3. The Morgan fingerprint density at radius 1 is 1.32 bits per heavy atom. The Bertz CT molecular complexity index is 1140. The second-order valence-electron chi connectivity index (χ2n) is 7.41. The van der Waals surface area contributed by atoms with Crippen molar-refractivity contribution in [3.05, 3.63) is 78.4 Å². The van der Waals surface area contributed by atoms with Crippen molar-refractivity contribution in [2.24, 2.45) is 13.0 Å². The highest BCUT2D eigenvalue weighted by Gasteiger charge is 2.22. The van der Waals surface area contributed by atoms with E-state index in [0.717, 1.165) is 16.7 Å². The Kier molecular flexibility index (Phi) is 5.90. The summed E-state index contributed by atoms with van der Waals surface area (Å²) in [5, 5.41) is 16.8. The largest absolute Gasteiger partial charge is 0.394 e. The summed E-state index contributed by atoms with van der Waals surface area (Å²) >= 11 is 0. The van der Waals surface area contributed by atoms with Gasteiger partial charge in [-0.3, -0.25) is 9.48 Å². The molecule has 8 nitrogen and oxygen atoms in total. The van der Waals surface area contributed by atoms with E-state index in [-0.39, 0.29) is 18.4 Å². The van der Waals surface area contributed by atoms with E-state index in [9.17, 15) is 9.90 Å². The molecule has 1 amide bonds. The van der Waals surface area contributed by atoms with Gasteiger partial charge in [-0.25, -0.2) is 9.97 Å². The van der Waals surface area contributed by atoms with Crippen LogP contribution in [0.1, 0.15) is 23.7 Å². The highest BCUT2D eigenvalue weighted by molar-refractivity contribution is 5.85. The third-order valence-corrected chi connectivity index (χ3v) is 5.21. The van der Waals surface area contributed by atoms with E-state index in [0.29, 0.717) is 23.6 Å². The number of aliphatic hydroxyl groups excluding tert-OH is 1. The Labute approximate surface area is 180 Å². The number of anilines is 1. The highest BCUT2D eigenvalue weighted by Crippen LogP contribution is 2.28. The van der Waals surface area contributed by atoms with Crippen LogP contribution in [-0.2, 0) is 11.8 Å². The first-order chi connectivity index (χ1) is 15.0. The number of rotatable bonds is 6. The van der Waals surface area contributed by atoms with E-state index in [1.54, 1.807) is 17.1 Å². The molecule has 0 bridgehead atoms. The van der Waals surface area contributed by atoms with E-state index >= 15 is 0 Å². The fraction of sp³-hybridized carbons (Fsp3) is 0.217. The fourth-order valence-electron chi connectivity index (χ4n) is 3.49. The SMILES string of the molecule is Cn1cc(-c2cnc(N)c(C3=CCC(C(=O)N[C@H](CO)c4ccccc4)C=C3)n2)cn1. The molecule has 0 spiro atoms. The summed E-state index contributed by atoms with van der Waals surface area (Å²) in [4.78, 5) is 21.7. The van der Waals surface area contributed by atoms with E-state index in [2.05, 4.69) is 20.4 Å². The first-order valence-electron chi connectivity index (χ1n) is 10.0. The monoisotopic (exact) mass is 416 g/mol. The lowest BCUT2D eigenvalue weighted by Gasteiger charge is -2.21. The molecule has 2 aromatic heterocycles. The van der Waals surface area contributed by atoms with Gasteiger partial charge in [-0.1, -0.05) is 48.6 Å². The summed E-state index contributed by atoms with van der Waals surface area (Å²) in [6, 6.07) is 8.98. The molecular formula is C23H24N6O2. The molecule has 1 aliphatic carbocycles. The number of carbonyl (C=O) groups is 1. The van der Waals surface area contributed by atoms with Crippen LogP contribution >= 0.6 is 0 Å². The van der Waals surface area contributed by atoms with Gasteiger partial charge in [-0.05, 0) is 17.6 Å². The summed E-state index contributed by atoms with van der Waals surface area (Å²) in [6.07, 6.45) is 11.3. The lowest BCUT2D eigenvalue weighted by atomic mass is 9.93. The zero-order chi connectivity index (χ0) is 21.8. The summed E-state index contributed by atoms with van der Waals surface area (Å²) in [5.41, 5.74) is 9.87. The molecule has 1 unspecified atom stereocenters. The number of benzene rings is 1. The summed E-state index contributed by atoms with van der Waals surface area (Å²) in [7, 11) is 1.84. The predicted octanol–water partition coefficient (Wildman–Crippen LogP) is 2.27. The van der Waals surface area contributed by atoms with Crippen LogP contribution in [0.5, 0.6) is 0 Å². The van der Waals surface area contributed by atoms with Crippen LogP contribution < -0.4 is 11.1 Å². The maximum absolute atomic E-state index is 12.7. The van der Waals surface area contributed by atoms with Gasteiger partial charge in [0, 0.05) is 18.8 Å². The number of nitrogen functional groups attached to an aromatic ring is 1. The van der Waals surface area contributed by atoms with Crippen LogP contribution in [-0.4, -0.2) is 37.4 Å². The molecule has 8 heteroatoms. The van der Waals surface area contributed by atoms with Crippen LogP contribution in [0.15, 0.2) is 67.2 Å². The lowest BCUT2D eigenvalue weighted by Crippen LogP contribution is -2.35. The van der Waals surface area contributed by atoms with E-state index in [1.165, 1.54) is 0 Å². The highest BCUT2D eigenvalue weighted by atomic mass is 16.3. The normalized spacial score (nSPS) is 16.6. The van der Waals surface area contributed by atoms with Crippen LogP contribution in [0, 0.1) is 5.92 Å². The number of nitrogens with zero attached hydrogens (tertiary/aromatic N) is 4. The van der Waals surface area contributed by atoms with Gasteiger partial charge in [0.1, 0.15) is 11.5 Å². The smallest absolute Gasteiger partial charge is 0.227 e. The molecule has 0 aliphatic heterocycles. The van der Waals surface area contributed by atoms with Crippen molar-refractivity contribution in [1.82, 2.24) is 25.1 Å². The summed E-state index contributed by atoms with van der Waals surface area (Å²) < 4.78 is 1.70. The molecule has 4 N–H and O–H groups in total. The number of nitrogens with two attached hydrogens (primary N) is 1. The molecule has 31 heavy (non-hydrogen) atoms. The summed E-state index contributed by atoms with van der Waals surface area (Å²) in [5.74, 6) is -0.148. The minimum absolute atomic E-state index is 0.141. The zero-order valence-corrected chi connectivity index (χ0v) is 17.1.